The first-order valence-corrected chi connectivity index (χ1v) is 8.63. The van der Waals surface area contributed by atoms with Crippen LogP contribution in [0.4, 0.5) is 10.3 Å². The van der Waals surface area contributed by atoms with Crippen LogP contribution in [0.3, 0.4) is 0 Å². The molecule has 0 bridgehead atoms. The normalized spacial score (nSPS) is 25.3. The molecular weight excluding hydrogens is 394 g/mol. The second kappa shape index (κ2) is 7.38. The van der Waals surface area contributed by atoms with Crippen LogP contribution in [0.15, 0.2) is 29.1 Å². The smallest absolute Gasteiger partial charge is 0.225 e. The van der Waals surface area contributed by atoms with Crippen molar-refractivity contribution < 1.29 is 4.39 Å². The zero-order chi connectivity index (χ0) is 15.2. The molecule has 4 heterocycles. The fraction of sp³-hybridized carbons (Fsp3) is 0.385. The molecule has 2 aliphatic heterocycles. The summed E-state index contributed by atoms with van der Waals surface area (Å²) in [6.45, 7) is 1.40. The van der Waals surface area contributed by atoms with Crippen molar-refractivity contribution in [3.63, 3.8) is 0 Å². The van der Waals surface area contributed by atoms with Crippen LogP contribution >= 0.6 is 47.9 Å². The van der Waals surface area contributed by atoms with Crippen molar-refractivity contribution in [2.45, 2.75) is 5.54 Å². The average molecular weight is 409 g/mol. The minimum Gasteiger partial charge on any atom is -0.379 e. The number of aliphatic imine (C=N–C) groups is 1. The van der Waals surface area contributed by atoms with E-state index in [9.17, 15) is 4.39 Å². The number of thioether (sulfide) groups is 1. The summed E-state index contributed by atoms with van der Waals surface area (Å²) in [5.41, 5.74) is 7.40. The number of amidine groups is 1. The lowest BCUT2D eigenvalue weighted by Gasteiger charge is -2.32. The molecule has 0 unspecified atom stereocenters. The van der Waals surface area contributed by atoms with E-state index in [1.807, 2.05) is 16.6 Å². The van der Waals surface area contributed by atoms with Crippen molar-refractivity contribution >= 4 is 59.0 Å². The van der Waals surface area contributed by atoms with Gasteiger partial charge in [0.05, 0.1) is 29.3 Å². The van der Waals surface area contributed by atoms with Crippen LogP contribution in [0.2, 0.25) is 0 Å². The van der Waals surface area contributed by atoms with E-state index in [1.165, 1.54) is 12.4 Å². The second-order valence-corrected chi connectivity index (χ2v) is 7.26. The average Bonchev–Trinajstić information content (AvgIpc) is 3.15. The summed E-state index contributed by atoms with van der Waals surface area (Å²) < 4.78 is 13.0. The standard InChI is InChI=1S/C13H13FN6S2.2ClH/c14-9-1-17-12(18-2-9)20-4-8-5-21-11(15)19-13(8,6-20)10-3-16-7-22-10;;/h1-3,7-8H,4-6H2,(H2,15,19);2*1H/t8-,13-;;/m0../s1. The third-order valence-corrected chi connectivity index (χ3v) is 5.93. The van der Waals surface area contributed by atoms with Gasteiger partial charge in [-0.15, -0.1) is 36.2 Å². The van der Waals surface area contributed by atoms with E-state index in [0.717, 1.165) is 17.2 Å². The van der Waals surface area contributed by atoms with Crippen molar-refractivity contribution in [1.82, 2.24) is 15.0 Å². The fourth-order valence-corrected chi connectivity index (χ4v) is 4.84. The molecule has 2 N–H and O–H groups in total. The molecule has 0 saturated carbocycles. The number of hydrogen-bond acceptors (Lipinski definition) is 8. The van der Waals surface area contributed by atoms with Gasteiger partial charge in [-0.1, -0.05) is 11.8 Å². The maximum Gasteiger partial charge on any atom is 0.225 e. The summed E-state index contributed by atoms with van der Waals surface area (Å²) in [4.78, 5) is 20.3. The number of aromatic nitrogens is 3. The van der Waals surface area contributed by atoms with Crippen molar-refractivity contribution in [3.05, 3.63) is 34.8 Å². The molecule has 24 heavy (non-hydrogen) atoms. The van der Waals surface area contributed by atoms with Crippen LogP contribution in [0, 0.1) is 11.7 Å². The molecule has 0 aromatic carbocycles. The first-order chi connectivity index (χ1) is 10.7. The van der Waals surface area contributed by atoms with Crippen molar-refractivity contribution in [1.29, 1.82) is 0 Å². The molecule has 1 saturated heterocycles. The number of anilines is 1. The third-order valence-electron chi connectivity index (χ3n) is 4.04. The highest BCUT2D eigenvalue weighted by Gasteiger charge is 2.51. The summed E-state index contributed by atoms with van der Waals surface area (Å²) in [5, 5.41) is 0.603. The van der Waals surface area contributed by atoms with E-state index in [0.29, 0.717) is 23.6 Å². The molecule has 11 heteroatoms. The molecule has 2 aromatic heterocycles. The Morgan fingerprint density at radius 1 is 1.25 bits per heavy atom. The summed E-state index contributed by atoms with van der Waals surface area (Å²) in [6.07, 6.45) is 4.24. The zero-order valence-electron chi connectivity index (χ0n) is 12.3. The molecule has 1 fully saturated rings. The van der Waals surface area contributed by atoms with Crippen LogP contribution in [0.5, 0.6) is 0 Å². The molecule has 6 nitrogen and oxygen atoms in total. The van der Waals surface area contributed by atoms with Gasteiger partial charge in [-0.2, -0.15) is 0 Å². The Morgan fingerprint density at radius 2 is 2.00 bits per heavy atom. The number of hydrogen-bond donors (Lipinski definition) is 1. The Morgan fingerprint density at radius 3 is 2.67 bits per heavy atom. The third kappa shape index (κ3) is 3.17. The van der Waals surface area contributed by atoms with E-state index in [1.54, 1.807) is 23.1 Å². The number of nitrogens with two attached hydrogens (primary N) is 1. The van der Waals surface area contributed by atoms with E-state index in [2.05, 4.69) is 15.0 Å². The number of halogens is 3. The van der Waals surface area contributed by atoms with Gasteiger partial charge in [0.25, 0.3) is 0 Å². The van der Waals surface area contributed by atoms with E-state index < -0.39 is 11.4 Å². The van der Waals surface area contributed by atoms with Gasteiger partial charge in [0.15, 0.2) is 11.0 Å². The Bertz CT molecular complexity index is 714. The maximum absolute atomic E-state index is 13.0. The number of rotatable bonds is 2. The molecule has 130 valence electrons. The highest BCUT2D eigenvalue weighted by Crippen LogP contribution is 2.47. The predicted octanol–water partition coefficient (Wildman–Crippen LogP) is 2.31. The Kier molecular flexibility index (Phi) is 5.90. The van der Waals surface area contributed by atoms with Crippen LogP contribution in [0.25, 0.3) is 0 Å². The van der Waals surface area contributed by atoms with E-state index in [4.69, 9.17) is 10.7 Å². The molecule has 4 rings (SSSR count). The first-order valence-electron chi connectivity index (χ1n) is 6.77. The van der Waals surface area contributed by atoms with Gasteiger partial charge in [-0.05, 0) is 0 Å². The van der Waals surface area contributed by atoms with Crippen molar-refractivity contribution in [2.24, 2.45) is 16.6 Å². The molecule has 2 aromatic rings. The van der Waals surface area contributed by atoms with Crippen LogP contribution < -0.4 is 10.6 Å². The summed E-state index contributed by atoms with van der Waals surface area (Å²) in [6, 6.07) is 0. The largest absolute Gasteiger partial charge is 0.379 e. The topological polar surface area (TPSA) is 80.3 Å². The van der Waals surface area contributed by atoms with Crippen LogP contribution in [-0.2, 0) is 5.54 Å². The predicted molar refractivity (Wildman–Crippen MR) is 100 cm³/mol. The second-order valence-electron chi connectivity index (χ2n) is 5.33. The summed E-state index contributed by atoms with van der Waals surface area (Å²) in [5.74, 6) is 1.29. The van der Waals surface area contributed by atoms with Gasteiger partial charge in [0.2, 0.25) is 5.95 Å². The maximum atomic E-state index is 13.0. The summed E-state index contributed by atoms with van der Waals surface area (Å²) >= 11 is 3.16. The highest BCUT2D eigenvalue weighted by atomic mass is 35.5. The van der Waals surface area contributed by atoms with Gasteiger partial charge in [-0.25, -0.2) is 19.4 Å². The quantitative estimate of drug-likeness (QED) is 0.820. The molecule has 0 radical (unpaired) electrons. The molecule has 2 atom stereocenters. The minimum absolute atomic E-state index is 0. The Balaban J connectivity index is 0.00000104. The minimum atomic E-state index is -0.435. The first kappa shape index (κ1) is 19.2. The summed E-state index contributed by atoms with van der Waals surface area (Å²) in [7, 11) is 0. The van der Waals surface area contributed by atoms with Crippen molar-refractivity contribution in [2.75, 3.05) is 23.7 Å². The molecule has 2 aliphatic rings. The Labute approximate surface area is 159 Å². The Hall–Kier alpha value is -1.16. The van der Waals surface area contributed by atoms with Gasteiger partial charge < -0.3 is 10.6 Å². The number of nitrogens with zero attached hydrogens (tertiary/aromatic N) is 5. The van der Waals surface area contributed by atoms with Crippen LogP contribution in [0.1, 0.15) is 4.88 Å². The molecule has 0 spiro atoms. The van der Waals surface area contributed by atoms with Gasteiger partial charge in [0, 0.05) is 24.4 Å². The molecular formula is C13H15Cl2FN6S2. The van der Waals surface area contributed by atoms with E-state index >= 15 is 0 Å². The number of fused-ring (bicyclic) bond motifs is 1. The SMILES string of the molecule is Cl.Cl.NC1=N[C@@]2(c3cncs3)CN(c3ncc(F)cn3)C[C@H]2CS1. The van der Waals surface area contributed by atoms with Gasteiger partial charge in [0.1, 0.15) is 5.54 Å². The van der Waals surface area contributed by atoms with Gasteiger partial charge in [-0.3, -0.25) is 4.98 Å². The van der Waals surface area contributed by atoms with Crippen molar-refractivity contribution in [3.8, 4) is 0 Å². The van der Waals surface area contributed by atoms with Crippen LogP contribution in [-0.4, -0.2) is 39.0 Å². The molecule has 0 aliphatic carbocycles. The fourth-order valence-electron chi connectivity index (χ4n) is 3.02. The number of thiazole rings is 1. The highest BCUT2D eigenvalue weighted by molar-refractivity contribution is 8.13. The lowest BCUT2D eigenvalue weighted by Crippen LogP contribution is -2.39. The zero-order valence-corrected chi connectivity index (χ0v) is 15.6. The lowest BCUT2D eigenvalue weighted by molar-refractivity contribution is 0.394. The van der Waals surface area contributed by atoms with Gasteiger partial charge >= 0.3 is 0 Å². The monoisotopic (exact) mass is 408 g/mol. The van der Waals surface area contributed by atoms with E-state index in [-0.39, 0.29) is 24.8 Å². The lowest BCUT2D eigenvalue weighted by atomic mass is 9.87. The molecule has 0 amide bonds.